The van der Waals surface area contributed by atoms with Crippen LogP contribution in [0.1, 0.15) is 5.56 Å². The van der Waals surface area contributed by atoms with Crippen LogP contribution in [0.25, 0.3) is 0 Å². The fourth-order valence-electron chi connectivity index (χ4n) is 2.35. The molecule has 10 heteroatoms. The van der Waals surface area contributed by atoms with Crippen molar-refractivity contribution in [2.24, 2.45) is 5.10 Å². The van der Waals surface area contributed by atoms with E-state index in [1.165, 1.54) is 6.21 Å². The molecule has 142 valence electrons. The standard InChI is InChI=1S/C17H16BrN3O5S/c1-27(23,24)21(14-5-3-13(18)4-6-14)10-17(22)20-19-9-12-2-7-15-16(8-12)26-11-25-15/h2-9H,10-11H2,1H3,(H,20,22)/b19-9-. The number of amides is 1. The molecule has 0 aliphatic carbocycles. The Morgan fingerprint density at radius 1 is 1.22 bits per heavy atom. The van der Waals surface area contributed by atoms with Crippen molar-refractivity contribution in [2.45, 2.75) is 0 Å². The Morgan fingerprint density at radius 3 is 2.63 bits per heavy atom. The Kier molecular flexibility index (Phi) is 5.66. The van der Waals surface area contributed by atoms with E-state index >= 15 is 0 Å². The van der Waals surface area contributed by atoms with E-state index in [2.05, 4.69) is 26.5 Å². The van der Waals surface area contributed by atoms with Crippen molar-refractivity contribution < 1.29 is 22.7 Å². The molecule has 8 nitrogen and oxygen atoms in total. The highest BCUT2D eigenvalue weighted by Crippen LogP contribution is 2.31. The molecule has 1 aliphatic rings. The monoisotopic (exact) mass is 453 g/mol. The molecule has 0 saturated heterocycles. The first-order valence-electron chi connectivity index (χ1n) is 7.78. The Labute approximate surface area is 164 Å². The number of rotatable bonds is 6. The molecule has 0 aromatic heterocycles. The highest BCUT2D eigenvalue weighted by molar-refractivity contribution is 9.10. The predicted molar refractivity (Wildman–Crippen MR) is 105 cm³/mol. The van der Waals surface area contributed by atoms with Gasteiger partial charge in [0.05, 0.1) is 18.2 Å². The number of hydrogen-bond donors (Lipinski definition) is 1. The summed E-state index contributed by atoms with van der Waals surface area (Å²) >= 11 is 3.29. The first kappa shape index (κ1) is 19.2. The van der Waals surface area contributed by atoms with Gasteiger partial charge in [0.1, 0.15) is 6.54 Å². The molecule has 0 unspecified atom stereocenters. The summed E-state index contributed by atoms with van der Waals surface area (Å²) in [5.41, 5.74) is 3.41. The van der Waals surface area contributed by atoms with Gasteiger partial charge in [-0.25, -0.2) is 13.8 Å². The number of carbonyl (C=O) groups is 1. The average molecular weight is 454 g/mol. The number of sulfonamides is 1. The first-order chi connectivity index (χ1) is 12.8. The zero-order valence-corrected chi connectivity index (χ0v) is 16.7. The third kappa shape index (κ3) is 4.98. The van der Waals surface area contributed by atoms with Crippen molar-refractivity contribution in [1.29, 1.82) is 0 Å². The smallest absolute Gasteiger partial charge is 0.260 e. The number of anilines is 1. The van der Waals surface area contributed by atoms with Gasteiger partial charge in [0, 0.05) is 4.47 Å². The maximum atomic E-state index is 12.1. The average Bonchev–Trinajstić information content (AvgIpc) is 3.07. The molecular formula is C17H16BrN3O5S. The van der Waals surface area contributed by atoms with Crippen molar-refractivity contribution in [3.63, 3.8) is 0 Å². The van der Waals surface area contributed by atoms with Gasteiger partial charge in [0.2, 0.25) is 16.8 Å². The molecule has 0 bridgehead atoms. The van der Waals surface area contributed by atoms with Crippen molar-refractivity contribution in [2.75, 3.05) is 23.9 Å². The highest BCUT2D eigenvalue weighted by atomic mass is 79.9. The second kappa shape index (κ2) is 7.97. The summed E-state index contributed by atoms with van der Waals surface area (Å²) in [7, 11) is -3.64. The first-order valence-corrected chi connectivity index (χ1v) is 10.4. The lowest BCUT2D eigenvalue weighted by Crippen LogP contribution is -2.38. The molecule has 27 heavy (non-hydrogen) atoms. The van der Waals surface area contributed by atoms with E-state index in [-0.39, 0.29) is 13.3 Å². The van der Waals surface area contributed by atoms with Crippen molar-refractivity contribution in [3.8, 4) is 11.5 Å². The minimum atomic E-state index is -3.64. The fraction of sp³-hybridized carbons (Fsp3) is 0.176. The van der Waals surface area contributed by atoms with E-state index in [1.807, 2.05) is 0 Å². The van der Waals surface area contributed by atoms with Gasteiger partial charge in [0.25, 0.3) is 5.91 Å². The zero-order chi connectivity index (χ0) is 19.4. The van der Waals surface area contributed by atoms with Gasteiger partial charge < -0.3 is 9.47 Å². The summed E-state index contributed by atoms with van der Waals surface area (Å²) in [6.45, 7) is -0.219. The van der Waals surface area contributed by atoms with Crippen LogP contribution in [0, 0.1) is 0 Å². The van der Waals surface area contributed by atoms with E-state index in [0.717, 1.165) is 15.0 Å². The minimum absolute atomic E-state index is 0.171. The molecule has 0 radical (unpaired) electrons. The van der Waals surface area contributed by atoms with Crippen LogP contribution in [-0.4, -0.2) is 40.1 Å². The summed E-state index contributed by atoms with van der Waals surface area (Å²) in [5, 5.41) is 3.86. The predicted octanol–water partition coefficient (Wildman–Crippen LogP) is 2.09. The van der Waals surface area contributed by atoms with Crippen molar-refractivity contribution >= 4 is 43.8 Å². The normalized spacial score (nSPS) is 13.0. The summed E-state index contributed by atoms with van der Waals surface area (Å²) in [5.74, 6) is 0.679. The van der Waals surface area contributed by atoms with Crippen LogP contribution in [0.4, 0.5) is 5.69 Å². The van der Waals surface area contributed by atoms with Gasteiger partial charge in [-0.15, -0.1) is 0 Å². The van der Waals surface area contributed by atoms with E-state index in [9.17, 15) is 13.2 Å². The SMILES string of the molecule is CS(=O)(=O)N(CC(=O)N/N=C\c1ccc2c(c1)OCO2)c1ccc(Br)cc1. The lowest BCUT2D eigenvalue weighted by Gasteiger charge is -2.21. The second-order valence-corrected chi connectivity index (χ2v) is 8.47. The maximum absolute atomic E-state index is 12.1. The van der Waals surface area contributed by atoms with E-state index in [0.29, 0.717) is 22.7 Å². The summed E-state index contributed by atoms with van der Waals surface area (Å²) < 4.78 is 36.3. The van der Waals surface area contributed by atoms with Crippen LogP contribution in [0.5, 0.6) is 11.5 Å². The number of nitrogens with one attached hydrogen (secondary N) is 1. The zero-order valence-electron chi connectivity index (χ0n) is 14.3. The number of nitrogens with zero attached hydrogens (tertiary/aromatic N) is 2. The van der Waals surface area contributed by atoms with Gasteiger partial charge in [-0.2, -0.15) is 5.10 Å². The van der Waals surface area contributed by atoms with E-state index in [1.54, 1.807) is 42.5 Å². The second-order valence-electron chi connectivity index (χ2n) is 5.65. The van der Waals surface area contributed by atoms with Gasteiger partial charge in [-0.1, -0.05) is 15.9 Å². The molecular weight excluding hydrogens is 438 g/mol. The molecule has 0 spiro atoms. The molecule has 1 heterocycles. The molecule has 2 aromatic carbocycles. The Balaban J connectivity index is 1.65. The van der Waals surface area contributed by atoms with Gasteiger partial charge in [-0.05, 0) is 48.0 Å². The number of halogens is 1. The molecule has 3 rings (SSSR count). The summed E-state index contributed by atoms with van der Waals surface area (Å²) in [6, 6.07) is 11.8. The van der Waals surface area contributed by atoms with Crippen molar-refractivity contribution in [1.82, 2.24) is 5.43 Å². The van der Waals surface area contributed by atoms with Crippen LogP contribution < -0.4 is 19.2 Å². The fourth-order valence-corrected chi connectivity index (χ4v) is 3.47. The Morgan fingerprint density at radius 2 is 1.93 bits per heavy atom. The quantitative estimate of drug-likeness (QED) is 0.533. The number of benzene rings is 2. The van der Waals surface area contributed by atoms with Crippen LogP contribution in [0.3, 0.4) is 0 Å². The molecule has 1 aliphatic heterocycles. The number of hydrazone groups is 1. The highest BCUT2D eigenvalue weighted by Gasteiger charge is 2.20. The topological polar surface area (TPSA) is 97.3 Å². The minimum Gasteiger partial charge on any atom is -0.454 e. The maximum Gasteiger partial charge on any atom is 0.260 e. The summed E-state index contributed by atoms with van der Waals surface area (Å²) in [6.07, 6.45) is 2.47. The third-order valence-electron chi connectivity index (χ3n) is 3.60. The van der Waals surface area contributed by atoms with Gasteiger partial charge in [0.15, 0.2) is 11.5 Å². The molecule has 0 saturated carbocycles. The Bertz CT molecular complexity index is 977. The van der Waals surface area contributed by atoms with Crippen LogP contribution >= 0.6 is 15.9 Å². The van der Waals surface area contributed by atoms with Crippen molar-refractivity contribution in [3.05, 3.63) is 52.5 Å². The Hall–Kier alpha value is -2.59. The number of carbonyl (C=O) groups excluding carboxylic acids is 1. The van der Waals surface area contributed by atoms with E-state index < -0.39 is 15.9 Å². The van der Waals surface area contributed by atoms with Crippen LogP contribution in [0.2, 0.25) is 0 Å². The number of ether oxygens (including phenoxy) is 2. The largest absolute Gasteiger partial charge is 0.454 e. The van der Waals surface area contributed by atoms with Gasteiger partial charge in [-0.3, -0.25) is 9.10 Å². The number of hydrogen-bond acceptors (Lipinski definition) is 6. The molecule has 1 amide bonds. The van der Waals surface area contributed by atoms with Crippen LogP contribution in [0.15, 0.2) is 52.0 Å². The molecule has 1 N–H and O–H groups in total. The molecule has 2 aromatic rings. The molecule has 0 fully saturated rings. The van der Waals surface area contributed by atoms with Crippen LogP contribution in [-0.2, 0) is 14.8 Å². The molecule has 0 atom stereocenters. The number of fused-ring (bicyclic) bond motifs is 1. The van der Waals surface area contributed by atoms with Gasteiger partial charge >= 0.3 is 0 Å². The van der Waals surface area contributed by atoms with E-state index in [4.69, 9.17) is 9.47 Å². The summed E-state index contributed by atoms with van der Waals surface area (Å²) in [4.78, 5) is 12.1. The lowest BCUT2D eigenvalue weighted by molar-refractivity contribution is -0.119. The third-order valence-corrected chi connectivity index (χ3v) is 5.27. The lowest BCUT2D eigenvalue weighted by atomic mass is 10.2.